The number of carbonyl (C=O) groups excluding carboxylic acids is 4. The zero-order valence-corrected chi connectivity index (χ0v) is 22.8. The third kappa shape index (κ3) is 9.23. The van der Waals surface area contributed by atoms with E-state index >= 15 is 8.78 Å². The van der Waals surface area contributed by atoms with Crippen LogP contribution in [0.15, 0.2) is 91.0 Å². The minimum Gasteiger partial charge on any atom is -0.445 e. The van der Waals surface area contributed by atoms with E-state index in [1.807, 2.05) is 6.07 Å². The molecule has 3 aromatic rings. The van der Waals surface area contributed by atoms with Crippen LogP contribution in [0.2, 0.25) is 0 Å². The monoisotopic (exact) mass is 565 g/mol. The zero-order chi connectivity index (χ0) is 29.8. The molecule has 41 heavy (non-hydrogen) atoms. The second-order valence-corrected chi connectivity index (χ2v) is 9.79. The molecule has 3 aromatic carbocycles. The van der Waals surface area contributed by atoms with Crippen molar-refractivity contribution in [2.75, 3.05) is 0 Å². The van der Waals surface area contributed by atoms with Gasteiger partial charge in [-0.3, -0.25) is 14.4 Å². The van der Waals surface area contributed by atoms with Crippen molar-refractivity contribution in [3.05, 3.63) is 108 Å². The van der Waals surface area contributed by atoms with Crippen LogP contribution < -0.4 is 16.0 Å². The lowest BCUT2D eigenvalue weighted by Crippen LogP contribution is -2.59. The van der Waals surface area contributed by atoms with Gasteiger partial charge in [0.05, 0.1) is 6.04 Å². The van der Waals surface area contributed by atoms with E-state index in [1.54, 1.807) is 98.8 Å². The number of halogens is 2. The number of alkyl halides is 2. The fourth-order valence-electron chi connectivity index (χ4n) is 3.97. The first-order valence-corrected chi connectivity index (χ1v) is 13.1. The first-order valence-electron chi connectivity index (χ1n) is 13.1. The number of benzene rings is 3. The summed E-state index contributed by atoms with van der Waals surface area (Å²) in [5, 5.41) is 6.88. The van der Waals surface area contributed by atoms with Crippen molar-refractivity contribution in [2.24, 2.45) is 5.92 Å². The van der Waals surface area contributed by atoms with Crippen molar-refractivity contribution in [2.45, 2.75) is 51.4 Å². The summed E-state index contributed by atoms with van der Waals surface area (Å²) in [5.41, 5.74) is 1.79. The summed E-state index contributed by atoms with van der Waals surface area (Å²) in [4.78, 5) is 51.2. The highest BCUT2D eigenvalue weighted by atomic mass is 19.3. The summed E-state index contributed by atoms with van der Waals surface area (Å²) < 4.78 is 35.5. The Bertz CT molecular complexity index is 1310. The number of Topliss-reactive ketones (excluding diaryl/α,β-unsaturated/α-hetero) is 1. The van der Waals surface area contributed by atoms with Crippen LogP contribution in [0.3, 0.4) is 0 Å². The lowest BCUT2D eigenvalue weighted by molar-refractivity contribution is -0.160. The normalized spacial score (nSPS) is 12.6. The van der Waals surface area contributed by atoms with Gasteiger partial charge in [0.25, 0.3) is 5.91 Å². The molecule has 0 radical (unpaired) electrons. The number of hydrogen-bond donors (Lipinski definition) is 3. The lowest BCUT2D eigenvalue weighted by Gasteiger charge is -2.27. The van der Waals surface area contributed by atoms with Crippen molar-refractivity contribution in [1.29, 1.82) is 0 Å². The van der Waals surface area contributed by atoms with Gasteiger partial charge < -0.3 is 20.7 Å². The second kappa shape index (κ2) is 14.7. The zero-order valence-electron chi connectivity index (χ0n) is 22.8. The average Bonchev–Trinajstić information content (AvgIpc) is 2.98. The maximum Gasteiger partial charge on any atom is 0.408 e. The molecule has 0 spiro atoms. The van der Waals surface area contributed by atoms with Gasteiger partial charge in [-0.25, -0.2) is 4.79 Å². The second-order valence-electron chi connectivity index (χ2n) is 9.79. The summed E-state index contributed by atoms with van der Waals surface area (Å²) in [6.07, 6.45) is -1.18. The predicted molar refractivity (Wildman–Crippen MR) is 149 cm³/mol. The third-order valence-electron chi connectivity index (χ3n) is 6.24. The predicted octanol–water partition coefficient (Wildman–Crippen LogP) is 4.19. The Morgan fingerprint density at radius 3 is 1.80 bits per heavy atom. The fraction of sp³-hybridized carbons (Fsp3) is 0.290. The Kier molecular flexibility index (Phi) is 11.1. The summed E-state index contributed by atoms with van der Waals surface area (Å²) in [6.45, 7) is 3.03. The van der Waals surface area contributed by atoms with Crippen LogP contribution in [0, 0.1) is 5.92 Å². The first-order chi connectivity index (χ1) is 19.6. The molecule has 0 saturated heterocycles. The van der Waals surface area contributed by atoms with E-state index in [1.165, 1.54) is 0 Å². The Morgan fingerprint density at radius 1 is 0.756 bits per heavy atom. The molecule has 3 N–H and O–H groups in total. The highest BCUT2D eigenvalue weighted by molar-refractivity contribution is 6.10. The number of amides is 3. The van der Waals surface area contributed by atoms with Gasteiger partial charge in [0, 0.05) is 13.0 Å². The molecule has 0 aromatic heterocycles. The molecule has 0 unspecified atom stereocenters. The van der Waals surface area contributed by atoms with E-state index in [4.69, 9.17) is 4.74 Å². The number of carbonyl (C=O) groups is 4. The quantitative estimate of drug-likeness (QED) is 0.269. The largest absolute Gasteiger partial charge is 0.445 e. The van der Waals surface area contributed by atoms with Gasteiger partial charge in [0.1, 0.15) is 12.6 Å². The van der Waals surface area contributed by atoms with Crippen LogP contribution >= 0.6 is 0 Å². The van der Waals surface area contributed by atoms with Crippen LogP contribution in [0.1, 0.15) is 30.5 Å². The molecular weight excluding hydrogens is 532 g/mol. The molecule has 0 aliphatic rings. The molecule has 8 nitrogen and oxygen atoms in total. The summed E-state index contributed by atoms with van der Waals surface area (Å²) in [7, 11) is 0. The Balaban J connectivity index is 1.73. The van der Waals surface area contributed by atoms with Crippen LogP contribution in [-0.2, 0) is 38.7 Å². The van der Waals surface area contributed by atoms with E-state index in [2.05, 4.69) is 16.0 Å². The van der Waals surface area contributed by atoms with Crippen molar-refractivity contribution < 1.29 is 32.7 Å². The number of ketones is 1. The number of nitrogens with one attached hydrogen (secondary N) is 3. The molecule has 216 valence electrons. The van der Waals surface area contributed by atoms with Crippen molar-refractivity contribution >= 4 is 23.7 Å². The van der Waals surface area contributed by atoms with Gasteiger partial charge in [0.15, 0.2) is 0 Å². The number of rotatable bonds is 13. The lowest BCUT2D eigenvalue weighted by atomic mass is 9.96. The molecule has 3 amide bonds. The van der Waals surface area contributed by atoms with Crippen molar-refractivity contribution in [3.63, 3.8) is 0 Å². The Labute approximate surface area is 237 Å². The summed E-state index contributed by atoms with van der Waals surface area (Å²) >= 11 is 0. The molecule has 3 rings (SSSR count). The maximum atomic E-state index is 15.1. The fourth-order valence-corrected chi connectivity index (χ4v) is 3.97. The van der Waals surface area contributed by atoms with Crippen LogP contribution in [0.5, 0.6) is 0 Å². The van der Waals surface area contributed by atoms with Crippen LogP contribution in [0.25, 0.3) is 0 Å². The molecular formula is C31H33F2N3O5. The van der Waals surface area contributed by atoms with E-state index in [-0.39, 0.29) is 19.6 Å². The number of hydrogen-bond acceptors (Lipinski definition) is 5. The molecule has 2 atom stereocenters. The Morgan fingerprint density at radius 2 is 1.27 bits per heavy atom. The van der Waals surface area contributed by atoms with E-state index in [0.29, 0.717) is 11.1 Å². The maximum absolute atomic E-state index is 15.1. The van der Waals surface area contributed by atoms with Crippen LogP contribution in [-0.4, -0.2) is 41.7 Å². The first kappa shape index (κ1) is 30.9. The van der Waals surface area contributed by atoms with Gasteiger partial charge in [-0.2, -0.15) is 8.78 Å². The Hall–Kier alpha value is -4.60. The van der Waals surface area contributed by atoms with Gasteiger partial charge in [0.2, 0.25) is 11.7 Å². The van der Waals surface area contributed by atoms with Gasteiger partial charge >= 0.3 is 12.0 Å². The third-order valence-corrected chi connectivity index (χ3v) is 6.24. The van der Waals surface area contributed by atoms with Crippen molar-refractivity contribution in [3.8, 4) is 0 Å². The summed E-state index contributed by atoms with van der Waals surface area (Å²) in [6, 6.07) is 22.6. The minimum atomic E-state index is -4.43. The minimum absolute atomic E-state index is 0.0431. The number of alkyl carbamates (subject to hydrolysis) is 1. The van der Waals surface area contributed by atoms with Crippen molar-refractivity contribution in [1.82, 2.24) is 16.0 Å². The molecule has 0 aliphatic carbocycles. The summed E-state index contributed by atoms with van der Waals surface area (Å²) in [5.74, 6) is -9.33. The van der Waals surface area contributed by atoms with E-state index in [9.17, 15) is 19.2 Å². The van der Waals surface area contributed by atoms with Gasteiger partial charge in [-0.05, 0) is 22.6 Å². The molecule has 10 heteroatoms. The molecule has 0 fully saturated rings. The highest BCUT2D eigenvalue weighted by Crippen LogP contribution is 2.20. The van der Waals surface area contributed by atoms with E-state index in [0.717, 1.165) is 5.56 Å². The van der Waals surface area contributed by atoms with Gasteiger partial charge in [-0.15, -0.1) is 0 Å². The standard InChI is InChI=1S/C31H33F2N3O5/c1-21(2)26(36-30(40)41-20-24-16-10-5-11-17-24)28(38)35-25(18-22-12-6-3-7-13-22)27(37)31(32,33)29(39)34-19-23-14-8-4-9-15-23/h3-17,21,25-26H,18-20H2,1-2H3,(H,34,39)(H,35,38)(H,36,40)/t25-,26-/m0/s1. The van der Waals surface area contributed by atoms with Gasteiger partial charge in [-0.1, -0.05) is 105 Å². The molecule has 0 heterocycles. The average molecular weight is 566 g/mol. The SMILES string of the molecule is CC(C)[C@H](NC(=O)OCc1ccccc1)C(=O)N[C@@H](Cc1ccccc1)C(=O)C(F)(F)C(=O)NCc1ccccc1. The topological polar surface area (TPSA) is 114 Å². The smallest absolute Gasteiger partial charge is 0.408 e. The number of ether oxygens (including phenoxy) is 1. The van der Waals surface area contributed by atoms with E-state index < -0.39 is 47.6 Å². The molecule has 0 aliphatic heterocycles. The van der Waals surface area contributed by atoms with Crippen LogP contribution in [0.4, 0.5) is 13.6 Å². The molecule has 0 saturated carbocycles. The molecule has 0 bridgehead atoms. The highest BCUT2D eigenvalue weighted by Gasteiger charge is 2.50.